The van der Waals surface area contributed by atoms with E-state index >= 15 is 0 Å². The van der Waals surface area contributed by atoms with Crippen molar-refractivity contribution in [2.45, 2.75) is 25.6 Å². The van der Waals surface area contributed by atoms with E-state index in [2.05, 4.69) is 10.1 Å². The van der Waals surface area contributed by atoms with Gasteiger partial charge in [0.2, 0.25) is 0 Å². The highest BCUT2D eigenvalue weighted by Gasteiger charge is 2.33. The molecule has 2 aromatic rings. The van der Waals surface area contributed by atoms with Gasteiger partial charge in [-0.3, -0.25) is 14.5 Å². The molecule has 0 N–H and O–H groups in total. The van der Waals surface area contributed by atoms with Crippen molar-refractivity contribution in [3.8, 4) is 0 Å². The number of amides is 1. The number of likely N-dealkylation sites (tertiary alicyclic amines) is 1. The number of rotatable bonds is 2. The topological polar surface area (TPSA) is 51.0 Å². The normalized spacial score (nSPS) is 18.4. The molecule has 0 radical (unpaired) electrons. The molecule has 0 aliphatic carbocycles. The molecule has 3 rings (SSSR count). The molecular weight excluding hydrogens is 309 g/mol. The number of pyridine rings is 1. The smallest absolute Gasteiger partial charge is 0.336 e. The standard InChI is InChI=1S/C15H15F3N4O/c1-10-6-20-22(8-10)12-4-5-21(9-12)14(23)11-2-3-13(19-7-11)15(16,17)18/h2-3,6-8,12H,4-5,9H2,1H3. The zero-order chi connectivity index (χ0) is 16.6. The Kier molecular flexibility index (Phi) is 3.83. The van der Waals surface area contributed by atoms with Gasteiger partial charge < -0.3 is 4.90 Å². The van der Waals surface area contributed by atoms with Crippen molar-refractivity contribution in [2.24, 2.45) is 0 Å². The predicted octanol–water partition coefficient (Wildman–Crippen LogP) is 2.69. The Balaban J connectivity index is 1.69. The van der Waals surface area contributed by atoms with E-state index in [0.717, 1.165) is 24.2 Å². The summed E-state index contributed by atoms with van der Waals surface area (Å²) in [5.74, 6) is -0.308. The minimum absolute atomic E-state index is 0.0926. The van der Waals surface area contributed by atoms with Crippen molar-refractivity contribution in [1.29, 1.82) is 0 Å². The lowest BCUT2D eigenvalue weighted by Gasteiger charge is -2.17. The number of aromatic nitrogens is 3. The second-order valence-electron chi connectivity index (χ2n) is 5.62. The molecule has 0 aromatic carbocycles. The average Bonchev–Trinajstić information content (AvgIpc) is 3.14. The van der Waals surface area contributed by atoms with Gasteiger partial charge in [0.15, 0.2) is 0 Å². The van der Waals surface area contributed by atoms with Gasteiger partial charge in [0.05, 0.1) is 17.8 Å². The number of halogens is 3. The number of hydrogen-bond acceptors (Lipinski definition) is 3. The predicted molar refractivity (Wildman–Crippen MR) is 75.8 cm³/mol. The monoisotopic (exact) mass is 324 g/mol. The van der Waals surface area contributed by atoms with Crippen LogP contribution >= 0.6 is 0 Å². The van der Waals surface area contributed by atoms with Gasteiger partial charge >= 0.3 is 6.18 Å². The van der Waals surface area contributed by atoms with Crippen LogP contribution in [-0.2, 0) is 6.18 Å². The Hall–Kier alpha value is -2.38. The number of carbonyl (C=O) groups is 1. The van der Waals surface area contributed by atoms with E-state index in [-0.39, 0.29) is 17.5 Å². The fourth-order valence-electron chi connectivity index (χ4n) is 2.65. The van der Waals surface area contributed by atoms with Crippen LogP contribution in [-0.4, -0.2) is 38.7 Å². The summed E-state index contributed by atoms with van der Waals surface area (Å²) in [6.45, 7) is 2.97. The summed E-state index contributed by atoms with van der Waals surface area (Å²) >= 11 is 0. The van der Waals surface area contributed by atoms with Gasteiger partial charge in [-0.25, -0.2) is 0 Å². The Morgan fingerprint density at radius 1 is 1.30 bits per heavy atom. The van der Waals surface area contributed by atoms with Gasteiger partial charge in [0.25, 0.3) is 5.91 Å². The van der Waals surface area contributed by atoms with Crippen LogP contribution in [0.25, 0.3) is 0 Å². The first-order chi connectivity index (χ1) is 10.8. The van der Waals surface area contributed by atoms with Crippen LogP contribution in [0.3, 0.4) is 0 Å². The van der Waals surface area contributed by atoms with E-state index in [1.807, 2.05) is 17.8 Å². The maximum absolute atomic E-state index is 12.5. The van der Waals surface area contributed by atoms with E-state index in [9.17, 15) is 18.0 Å². The summed E-state index contributed by atoms with van der Waals surface area (Å²) in [5, 5.41) is 4.24. The molecule has 0 saturated carbocycles. The largest absolute Gasteiger partial charge is 0.433 e. The number of carbonyl (C=O) groups excluding carboxylic acids is 1. The quantitative estimate of drug-likeness (QED) is 0.853. The van der Waals surface area contributed by atoms with Gasteiger partial charge in [-0.1, -0.05) is 0 Å². The number of nitrogens with zero attached hydrogens (tertiary/aromatic N) is 4. The van der Waals surface area contributed by atoms with Crippen LogP contribution in [0.5, 0.6) is 0 Å². The van der Waals surface area contributed by atoms with Crippen LogP contribution in [0, 0.1) is 6.92 Å². The number of aryl methyl sites for hydroxylation is 1. The summed E-state index contributed by atoms with van der Waals surface area (Å²) in [5.41, 5.74) is 0.206. The highest BCUT2D eigenvalue weighted by Crippen LogP contribution is 2.28. The number of hydrogen-bond donors (Lipinski definition) is 0. The van der Waals surface area contributed by atoms with E-state index in [1.165, 1.54) is 6.07 Å². The molecule has 1 atom stereocenters. The van der Waals surface area contributed by atoms with Crippen molar-refractivity contribution in [1.82, 2.24) is 19.7 Å². The lowest BCUT2D eigenvalue weighted by molar-refractivity contribution is -0.141. The summed E-state index contributed by atoms with van der Waals surface area (Å²) in [7, 11) is 0. The van der Waals surface area contributed by atoms with Crippen molar-refractivity contribution in [3.05, 3.63) is 47.5 Å². The molecule has 122 valence electrons. The van der Waals surface area contributed by atoms with Crippen molar-refractivity contribution < 1.29 is 18.0 Å². The van der Waals surface area contributed by atoms with Crippen molar-refractivity contribution in [3.63, 3.8) is 0 Å². The second kappa shape index (κ2) is 5.68. The van der Waals surface area contributed by atoms with E-state index in [4.69, 9.17) is 0 Å². The van der Waals surface area contributed by atoms with Gasteiger partial charge in [0, 0.05) is 25.5 Å². The van der Waals surface area contributed by atoms with E-state index < -0.39 is 11.9 Å². The first kappa shape index (κ1) is 15.5. The third kappa shape index (κ3) is 3.20. The fourth-order valence-corrected chi connectivity index (χ4v) is 2.65. The first-order valence-electron chi connectivity index (χ1n) is 7.18. The molecular formula is C15H15F3N4O. The molecule has 1 saturated heterocycles. The molecule has 1 unspecified atom stereocenters. The highest BCUT2D eigenvalue weighted by atomic mass is 19.4. The molecule has 1 aliphatic rings. The Morgan fingerprint density at radius 3 is 2.65 bits per heavy atom. The van der Waals surface area contributed by atoms with E-state index in [0.29, 0.717) is 13.1 Å². The van der Waals surface area contributed by atoms with Crippen LogP contribution in [0.2, 0.25) is 0 Å². The molecule has 23 heavy (non-hydrogen) atoms. The minimum atomic E-state index is -4.50. The van der Waals surface area contributed by atoms with Gasteiger partial charge in [-0.2, -0.15) is 18.3 Å². The first-order valence-corrected chi connectivity index (χ1v) is 7.18. The van der Waals surface area contributed by atoms with Gasteiger partial charge in [0.1, 0.15) is 5.69 Å². The Bertz CT molecular complexity index is 708. The Morgan fingerprint density at radius 2 is 2.09 bits per heavy atom. The highest BCUT2D eigenvalue weighted by molar-refractivity contribution is 5.94. The van der Waals surface area contributed by atoms with Crippen molar-refractivity contribution in [2.75, 3.05) is 13.1 Å². The molecule has 3 heterocycles. The molecule has 8 heteroatoms. The molecule has 1 amide bonds. The lowest BCUT2D eigenvalue weighted by atomic mass is 10.2. The van der Waals surface area contributed by atoms with Gasteiger partial charge in [-0.05, 0) is 31.0 Å². The van der Waals surface area contributed by atoms with Crippen LogP contribution in [0.1, 0.15) is 34.1 Å². The third-order valence-electron chi connectivity index (χ3n) is 3.86. The van der Waals surface area contributed by atoms with Crippen LogP contribution in [0.15, 0.2) is 30.7 Å². The second-order valence-corrected chi connectivity index (χ2v) is 5.62. The SMILES string of the molecule is Cc1cnn(C2CCN(C(=O)c3ccc(C(F)(F)F)nc3)C2)c1. The van der Waals surface area contributed by atoms with Crippen LogP contribution < -0.4 is 0 Å². The zero-order valence-electron chi connectivity index (χ0n) is 12.4. The molecule has 1 fully saturated rings. The molecule has 1 aliphatic heterocycles. The third-order valence-corrected chi connectivity index (χ3v) is 3.86. The number of alkyl halides is 3. The molecule has 5 nitrogen and oxygen atoms in total. The fraction of sp³-hybridized carbons (Fsp3) is 0.400. The summed E-state index contributed by atoms with van der Waals surface area (Å²) in [6, 6.07) is 2.09. The van der Waals surface area contributed by atoms with Crippen molar-refractivity contribution >= 4 is 5.91 Å². The van der Waals surface area contributed by atoms with Gasteiger partial charge in [-0.15, -0.1) is 0 Å². The maximum Gasteiger partial charge on any atom is 0.433 e. The maximum atomic E-state index is 12.5. The average molecular weight is 324 g/mol. The molecule has 2 aromatic heterocycles. The zero-order valence-corrected chi connectivity index (χ0v) is 12.4. The summed E-state index contributed by atoms with van der Waals surface area (Å²) < 4.78 is 39.3. The lowest BCUT2D eigenvalue weighted by Crippen LogP contribution is -2.29. The van der Waals surface area contributed by atoms with Crippen LogP contribution in [0.4, 0.5) is 13.2 Å². The molecule has 0 spiro atoms. The summed E-state index contributed by atoms with van der Waals surface area (Å²) in [6.07, 6.45) is 0.915. The Labute approximate surface area is 130 Å². The molecule has 0 bridgehead atoms. The minimum Gasteiger partial charge on any atom is -0.336 e. The van der Waals surface area contributed by atoms with E-state index in [1.54, 1.807) is 11.1 Å². The summed E-state index contributed by atoms with van der Waals surface area (Å²) in [4.78, 5) is 17.3.